The summed E-state index contributed by atoms with van der Waals surface area (Å²) in [6, 6.07) is 11.1. The summed E-state index contributed by atoms with van der Waals surface area (Å²) in [7, 11) is 0. The third-order valence-corrected chi connectivity index (χ3v) is 5.63. The van der Waals surface area contributed by atoms with Gasteiger partial charge in [-0.1, -0.05) is 29.0 Å². The van der Waals surface area contributed by atoms with Crippen LogP contribution in [0.4, 0.5) is 9.52 Å². The Bertz CT molecular complexity index is 1100. The summed E-state index contributed by atoms with van der Waals surface area (Å²) in [6.45, 7) is 1.19. The minimum Gasteiger partial charge on any atom is -0.337 e. The average Bonchev–Trinajstić information content (AvgIpc) is 3.36. The molecule has 2 heterocycles. The normalized spacial score (nSPS) is 10.7. The van der Waals surface area contributed by atoms with Crippen LogP contribution in [0.1, 0.15) is 16.8 Å². The van der Waals surface area contributed by atoms with Crippen LogP contribution in [0.2, 0.25) is 5.02 Å². The Labute approximate surface area is 182 Å². The Morgan fingerprint density at radius 3 is 2.69 bits per heavy atom. The SMILES string of the molecule is Cl.O=C(c1ccc(F)cc1)N(CCCn1ccnc1)c1nc2c(Cl)cccc2s1. The minimum absolute atomic E-state index is 0. The molecule has 29 heavy (non-hydrogen) atoms. The van der Waals surface area contributed by atoms with Gasteiger partial charge in [-0.25, -0.2) is 14.4 Å². The monoisotopic (exact) mass is 450 g/mol. The zero-order chi connectivity index (χ0) is 19.5. The number of rotatable bonds is 6. The zero-order valence-corrected chi connectivity index (χ0v) is 17.6. The smallest absolute Gasteiger partial charge is 0.260 e. The van der Waals surface area contributed by atoms with Crippen LogP contribution >= 0.6 is 35.3 Å². The number of halogens is 3. The van der Waals surface area contributed by atoms with E-state index in [1.165, 1.54) is 35.6 Å². The van der Waals surface area contributed by atoms with E-state index in [1.54, 1.807) is 23.5 Å². The Balaban J connectivity index is 0.00000240. The van der Waals surface area contributed by atoms with E-state index in [-0.39, 0.29) is 24.1 Å². The Kier molecular flexibility index (Phi) is 6.84. The molecular formula is C20H17Cl2FN4OS. The van der Waals surface area contributed by atoms with Crippen LogP contribution in [-0.2, 0) is 6.54 Å². The Morgan fingerprint density at radius 1 is 1.21 bits per heavy atom. The topological polar surface area (TPSA) is 51.0 Å². The van der Waals surface area contributed by atoms with Crippen molar-refractivity contribution in [2.75, 3.05) is 11.4 Å². The molecular weight excluding hydrogens is 434 g/mol. The molecule has 0 radical (unpaired) electrons. The van der Waals surface area contributed by atoms with Crippen LogP contribution < -0.4 is 4.90 Å². The lowest BCUT2D eigenvalue weighted by molar-refractivity contribution is 0.0986. The predicted molar refractivity (Wildman–Crippen MR) is 117 cm³/mol. The number of para-hydroxylation sites is 1. The first-order valence-electron chi connectivity index (χ1n) is 8.70. The lowest BCUT2D eigenvalue weighted by Crippen LogP contribution is -2.32. The summed E-state index contributed by atoms with van der Waals surface area (Å²) in [4.78, 5) is 23.4. The number of amides is 1. The third kappa shape index (κ3) is 4.75. The first kappa shape index (κ1) is 21.2. The van der Waals surface area contributed by atoms with E-state index in [0.717, 1.165) is 11.2 Å². The van der Waals surface area contributed by atoms with Crippen LogP contribution in [0.25, 0.3) is 10.2 Å². The Hall–Kier alpha value is -2.48. The number of aryl methyl sites for hydroxylation is 1. The van der Waals surface area contributed by atoms with Crippen LogP contribution in [-0.4, -0.2) is 27.0 Å². The second kappa shape index (κ2) is 9.35. The van der Waals surface area contributed by atoms with Crippen molar-refractivity contribution in [3.8, 4) is 0 Å². The van der Waals surface area contributed by atoms with Crippen LogP contribution in [0.15, 0.2) is 61.2 Å². The molecule has 2 aromatic heterocycles. The maximum atomic E-state index is 13.3. The molecule has 2 aromatic carbocycles. The van der Waals surface area contributed by atoms with Crippen molar-refractivity contribution in [3.05, 3.63) is 77.6 Å². The third-order valence-electron chi connectivity index (χ3n) is 4.28. The van der Waals surface area contributed by atoms with Gasteiger partial charge in [-0.3, -0.25) is 9.69 Å². The van der Waals surface area contributed by atoms with Crippen molar-refractivity contribution in [1.82, 2.24) is 14.5 Å². The van der Waals surface area contributed by atoms with Gasteiger partial charge in [0, 0.05) is 31.0 Å². The van der Waals surface area contributed by atoms with Gasteiger partial charge in [0.25, 0.3) is 5.91 Å². The highest BCUT2D eigenvalue weighted by atomic mass is 35.5. The van der Waals surface area contributed by atoms with Crippen molar-refractivity contribution in [1.29, 1.82) is 0 Å². The standard InChI is InChI=1S/C20H16ClFN4OS.ClH/c21-16-3-1-4-17-18(16)24-20(28-17)26(11-2-10-25-12-9-23-13-25)19(27)14-5-7-15(22)8-6-14;/h1,3-9,12-13H,2,10-11H2;1H. The summed E-state index contributed by atoms with van der Waals surface area (Å²) < 4.78 is 16.1. The average molecular weight is 451 g/mol. The van der Waals surface area contributed by atoms with Gasteiger partial charge in [0.1, 0.15) is 11.3 Å². The Morgan fingerprint density at radius 2 is 2.00 bits per heavy atom. The number of imidazole rings is 1. The molecule has 9 heteroatoms. The molecule has 4 rings (SSSR count). The van der Waals surface area contributed by atoms with Crippen LogP contribution in [0, 0.1) is 5.82 Å². The number of carbonyl (C=O) groups is 1. The number of carbonyl (C=O) groups excluding carboxylic acids is 1. The molecule has 0 saturated carbocycles. The fraction of sp³-hybridized carbons (Fsp3) is 0.150. The zero-order valence-electron chi connectivity index (χ0n) is 15.2. The molecule has 0 aliphatic carbocycles. The van der Waals surface area contributed by atoms with E-state index in [2.05, 4.69) is 9.97 Å². The van der Waals surface area contributed by atoms with Gasteiger partial charge in [0.15, 0.2) is 5.13 Å². The predicted octanol–water partition coefficient (Wildman–Crippen LogP) is 5.44. The molecule has 0 aliphatic heterocycles. The van der Waals surface area contributed by atoms with Crippen molar-refractivity contribution in [2.24, 2.45) is 0 Å². The minimum atomic E-state index is -0.380. The largest absolute Gasteiger partial charge is 0.337 e. The van der Waals surface area contributed by atoms with Gasteiger partial charge in [0.05, 0.1) is 16.0 Å². The summed E-state index contributed by atoms with van der Waals surface area (Å²) in [6.07, 6.45) is 6.05. The summed E-state index contributed by atoms with van der Waals surface area (Å²) in [5.74, 6) is -0.601. The van der Waals surface area contributed by atoms with Crippen molar-refractivity contribution in [3.63, 3.8) is 0 Å². The molecule has 5 nitrogen and oxygen atoms in total. The van der Waals surface area contributed by atoms with Crippen molar-refractivity contribution >= 4 is 56.6 Å². The first-order valence-corrected chi connectivity index (χ1v) is 9.89. The number of anilines is 1. The summed E-state index contributed by atoms with van der Waals surface area (Å²) in [5, 5.41) is 1.12. The van der Waals surface area contributed by atoms with Crippen molar-refractivity contribution < 1.29 is 9.18 Å². The van der Waals surface area contributed by atoms with Crippen molar-refractivity contribution in [2.45, 2.75) is 13.0 Å². The number of nitrogens with zero attached hydrogens (tertiary/aromatic N) is 4. The second-order valence-corrected chi connectivity index (χ2v) is 7.62. The highest BCUT2D eigenvalue weighted by molar-refractivity contribution is 7.22. The van der Waals surface area contributed by atoms with Gasteiger partial charge in [-0.05, 0) is 42.8 Å². The van der Waals surface area contributed by atoms with Gasteiger partial charge < -0.3 is 4.57 Å². The fourth-order valence-electron chi connectivity index (χ4n) is 2.88. The number of hydrogen-bond acceptors (Lipinski definition) is 4. The molecule has 0 bridgehead atoms. The summed E-state index contributed by atoms with van der Waals surface area (Å²) in [5.41, 5.74) is 1.09. The lowest BCUT2D eigenvalue weighted by Gasteiger charge is -2.20. The van der Waals surface area contributed by atoms with E-state index < -0.39 is 0 Å². The highest BCUT2D eigenvalue weighted by Crippen LogP contribution is 2.33. The lowest BCUT2D eigenvalue weighted by atomic mass is 10.2. The van der Waals surface area contributed by atoms with E-state index in [1.807, 2.05) is 22.9 Å². The maximum Gasteiger partial charge on any atom is 0.260 e. The summed E-state index contributed by atoms with van der Waals surface area (Å²) >= 11 is 7.66. The molecule has 0 aliphatic rings. The molecule has 0 N–H and O–H groups in total. The van der Waals surface area contributed by atoms with Gasteiger partial charge in [0.2, 0.25) is 0 Å². The van der Waals surface area contributed by atoms with E-state index >= 15 is 0 Å². The quantitative estimate of drug-likeness (QED) is 0.392. The van der Waals surface area contributed by atoms with Crippen LogP contribution in [0.3, 0.4) is 0 Å². The van der Waals surface area contributed by atoms with Gasteiger partial charge in [-0.15, -0.1) is 12.4 Å². The number of hydrogen-bond donors (Lipinski definition) is 0. The number of thiazole rings is 1. The molecule has 0 spiro atoms. The number of fused-ring (bicyclic) bond motifs is 1. The molecule has 150 valence electrons. The number of aromatic nitrogens is 3. The fourth-order valence-corrected chi connectivity index (χ4v) is 4.17. The van der Waals surface area contributed by atoms with E-state index in [9.17, 15) is 9.18 Å². The first-order chi connectivity index (χ1) is 13.6. The maximum absolute atomic E-state index is 13.3. The molecule has 1 amide bonds. The molecule has 0 atom stereocenters. The molecule has 4 aromatic rings. The highest BCUT2D eigenvalue weighted by Gasteiger charge is 2.21. The second-order valence-electron chi connectivity index (χ2n) is 6.20. The molecule has 0 saturated heterocycles. The molecule has 0 unspecified atom stereocenters. The van der Waals surface area contributed by atoms with Gasteiger partial charge in [-0.2, -0.15) is 0 Å². The van der Waals surface area contributed by atoms with Gasteiger partial charge >= 0.3 is 0 Å². The number of benzene rings is 2. The molecule has 0 fully saturated rings. The van der Waals surface area contributed by atoms with E-state index in [4.69, 9.17) is 11.6 Å². The van der Waals surface area contributed by atoms with E-state index in [0.29, 0.717) is 34.2 Å². The van der Waals surface area contributed by atoms with Crippen LogP contribution in [0.5, 0.6) is 0 Å².